The molecule has 0 aliphatic heterocycles. The molecule has 13 heavy (non-hydrogen) atoms. The van der Waals surface area contributed by atoms with E-state index in [2.05, 4.69) is 25.7 Å². The van der Waals surface area contributed by atoms with Crippen molar-refractivity contribution in [1.29, 1.82) is 0 Å². The van der Waals surface area contributed by atoms with Crippen LogP contribution in [0.4, 0.5) is 0 Å². The lowest BCUT2D eigenvalue weighted by Gasteiger charge is -2.01. The summed E-state index contributed by atoms with van der Waals surface area (Å²) in [4.78, 5) is 0. The monoisotopic (exact) mass is 184 g/mol. The van der Waals surface area contributed by atoms with E-state index < -0.39 is 0 Å². The molecule has 79 valence electrons. The summed E-state index contributed by atoms with van der Waals surface area (Å²) in [6.07, 6.45) is 11.1. The first-order valence-corrected chi connectivity index (χ1v) is 5.96. The van der Waals surface area contributed by atoms with E-state index in [0.717, 1.165) is 6.54 Å². The molecule has 0 atom stereocenters. The maximum absolute atomic E-state index is 3.23. The van der Waals surface area contributed by atoms with Gasteiger partial charge in [-0.1, -0.05) is 58.8 Å². The van der Waals surface area contributed by atoms with Gasteiger partial charge < -0.3 is 5.32 Å². The molecule has 0 aliphatic carbocycles. The molecule has 0 saturated carbocycles. The minimum Gasteiger partial charge on any atom is -0.313 e. The second kappa shape index (κ2) is 12.0. The van der Waals surface area contributed by atoms with Crippen LogP contribution in [0.1, 0.15) is 65.2 Å². The Morgan fingerprint density at radius 1 is 0.846 bits per heavy atom. The number of hydrogen-bond acceptors (Lipinski definition) is 1. The lowest BCUT2D eigenvalue weighted by Crippen LogP contribution is -2.07. The quantitative estimate of drug-likeness (QED) is 0.508. The van der Waals surface area contributed by atoms with Crippen molar-refractivity contribution in [3.05, 3.63) is 6.54 Å². The second-order valence-electron chi connectivity index (χ2n) is 3.67. The predicted molar refractivity (Wildman–Crippen MR) is 60.6 cm³/mol. The molecule has 1 radical (unpaired) electrons. The van der Waals surface area contributed by atoms with Crippen LogP contribution in [-0.4, -0.2) is 6.54 Å². The van der Waals surface area contributed by atoms with Gasteiger partial charge in [-0.05, 0) is 13.0 Å². The molecular formula is C12H26N. The van der Waals surface area contributed by atoms with Gasteiger partial charge in [0.15, 0.2) is 0 Å². The van der Waals surface area contributed by atoms with Crippen LogP contribution in [0.5, 0.6) is 0 Å². The zero-order valence-corrected chi connectivity index (χ0v) is 9.44. The van der Waals surface area contributed by atoms with E-state index in [1.807, 2.05) is 0 Å². The van der Waals surface area contributed by atoms with Crippen LogP contribution < -0.4 is 5.32 Å². The average Bonchev–Trinajstić information content (AvgIpc) is 2.16. The Morgan fingerprint density at radius 2 is 1.46 bits per heavy atom. The summed E-state index contributed by atoms with van der Waals surface area (Å²) in [6, 6.07) is 0. The summed E-state index contributed by atoms with van der Waals surface area (Å²) >= 11 is 0. The third-order valence-electron chi connectivity index (χ3n) is 2.30. The van der Waals surface area contributed by atoms with Gasteiger partial charge in [0.05, 0.1) is 0 Å². The summed E-state index contributed by atoms with van der Waals surface area (Å²) in [7, 11) is 0. The van der Waals surface area contributed by atoms with Crippen molar-refractivity contribution in [2.24, 2.45) is 0 Å². The van der Waals surface area contributed by atoms with E-state index in [-0.39, 0.29) is 0 Å². The van der Waals surface area contributed by atoms with Gasteiger partial charge in [-0.2, -0.15) is 0 Å². The normalized spacial score (nSPS) is 10.6. The Bertz CT molecular complexity index is 71.2. The van der Waals surface area contributed by atoms with E-state index in [4.69, 9.17) is 0 Å². The fraction of sp³-hybridized carbons (Fsp3) is 0.917. The highest BCUT2D eigenvalue weighted by Crippen LogP contribution is 2.08. The van der Waals surface area contributed by atoms with E-state index >= 15 is 0 Å². The maximum Gasteiger partial charge on any atom is 0.0221 e. The molecule has 0 aromatic rings. The highest BCUT2D eigenvalue weighted by Gasteiger charge is 1.90. The molecule has 0 spiro atoms. The van der Waals surface area contributed by atoms with Gasteiger partial charge in [-0.3, -0.25) is 0 Å². The summed E-state index contributed by atoms with van der Waals surface area (Å²) in [5, 5.41) is 3.23. The number of hydrogen-bond donors (Lipinski definition) is 1. The minimum atomic E-state index is 1.07. The van der Waals surface area contributed by atoms with Crippen molar-refractivity contribution in [3.8, 4) is 0 Å². The van der Waals surface area contributed by atoms with Crippen LogP contribution >= 0.6 is 0 Å². The molecule has 0 amide bonds. The summed E-state index contributed by atoms with van der Waals surface area (Å²) < 4.78 is 0. The zero-order chi connectivity index (χ0) is 9.78. The van der Waals surface area contributed by atoms with E-state index in [1.54, 1.807) is 0 Å². The molecule has 0 heterocycles. The molecule has 0 aromatic heterocycles. The molecule has 0 bridgehead atoms. The van der Waals surface area contributed by atoms with E-state index in [1.165, 1.54) is 51.4 Å². The van der Waals surface area contributed by atoms with Crippen LogP contribution in [-0.2, 0) is 0 Å². The van der Waals surface area contributed by atoms with E-state index in [0.29, 0.717) is 0 Å². The summed E-state index contributed by atoms with van der Waals surface area (Å²) in [5.41, 5.74) is 0. The Kier molecular flexibility index (Phi) is 11.9. The fourth-order valence-corrected chi connectivity index (χ4v) is 1.45. The van der Waals surface area contributed by atoms with Crippen molar-refractivity contribution in [3.63, 3.8) is 0 Å². The second-order valence-corrected chi connectivity index (χ2v) is 3.67. The molecule has 0 rings (SSSR count). The van der Waals surface area contributed by atoms with E-state index in [9.17, 15) is 0 Å². The van der Waals surface area contributed by atoms with Crippen LogP contribution in [0.25, 0.3) is 0 Å². The third kappa shape index (κ3) is 12.0. The smallest absolute Gasteiger partial charge is 0.0221 e. The molecule has 1 heteroatoms. The summed E-state index contributed by atoms with van der Waals surface area (Å²) in [5.74, 6) is 0. The number of nitrogens with one attached hydrogen (secondary N) is 1. The molecular weight excluding hydrogens is 158 g/mol. The van der Waals surface area contributed by atoms with Crippen LogP contribution in [0, 0.1) is 6.54 Å². The highest BCUT2D eigenvalue weighted by atomic mass is 14.8. The van der Waals surface area contributed by atoms with Gasteiger partial charge in [0, 0.05) is 6.54 Å². The highest BCUT2D eigenvalue weighted by molar-refractivity contribution is 4.59. The standard InChI is InChI=1S/C12H26N/c1-3-5-6-7-8-9-10-11-12-13-4-2/h12-13H,3-11H2,1-2H3. The molecule has 0 fully saturated rings. The molecule has 0 unspecified atom stereocenters. The average molecular weight is 184 g/mol. The minimum absolute atomic E-state index is 1.07. The van der Waals surface area contributed by atoms with Gasteiger partial charge in [0.25, 0.3) is 0 Å². The van der Waals surface area contributed by atoms with Gasteiger partial charge in [0.2, 0.25) is 0 Å². The maximum atomic E-state index is 3.23. The van der Waals surface area contributed by atoms with Crippen LogP contribution in [0.15, 0.2) is 0 Å². The molecule has 0 aromatic carbocycles. The number of rotatable bonds is 10. The zero-order valence-electron chi connectivity index (χ0n) is 9.44. The topological polar surface area (TPSA) is 12.0 Å². The Morgan fingerprint density at radius 3 is 2.08 bits per heavy atom. The van der Waals surface area contributed by atoms with Gasteiger partial charge in [-0.15, -0.1) is 0 Å². The predicted octanol–water partition coefficient (Wildman–Crippen LogP) is 3.90. The first-order chi connectivity index (χ1) is 6.41. The van der Waals surface area contributed by atoms with Crippen LogP contribution in [0.3, 0.4) is 0 Å². The molecule has 1 nitrogen and oxygen atoms in total. The lowest BCUT2D eigenvalue weighted by molar-refractivity contribution is 0.580. The fourth-order valence-electron chi connectivity index (χ4n) is 1.45. The van der Waals surface area contributed by atoms with Crippen molar-refractivity contribution in [2.75, 3.05) is 6.54 Å². The molecule has 0 saturated heterocycles. The number of unbranched alkanes of at least 4 members (excludes halogenated alkanes) is 7. The third-order valence-corrected chi connectivity index (χ3v) is 2.30. The van der Waals surface area contributed by atoms with Crippen molar-refractivity contribution >= 4 is 0 Å². The first-order valence-electron chi connectivity index (χ1n) is 5.96. The summed E-state index contributed by atoms with van der Waals surface area (Å²) in [6.45, 7) is 7.68. The largest absolute Gasteiger partial charge is 0.313 e. The molecule has 0 aliphatic rings. The Hall–Kier alpha value is -0.0400. The van der Waals surface area contributed by atoms with Crippen molar-refractivity contribution in [2.45, 2.75) is 65.2 Å². The van der Waals surface area contributed by atoms with Gasteiger partial charge in [0.1, 0.15) is 0 Å². The van der Waals surface area contributed by atoms with Crippen molar-refractivity contribution in [1.82, 2.24) is 5.32 Å². The first kappa shape index (κ1) is 13.0. The van der Waals surface area contributed by atoms with Gasteiger partial charge in [-0.25, -0.2) is 0 Å². The Balaban J connectivity index is 2.76. The SMILES string of the molecule is CCCCCCCCC[CH]NCC. The molecule has 1 N–H and O–H groups in total. The lowest BCUT2D eigenvalue weighted by atomic mass is 10.1. The van der Waals surface area contributed by atoms with Crippen molar-refractivity contribution < 1.29 is 0 Å². The van der Waals surface area contributed by atoms with Crippen LogP contribution in [0.2, 0.25) is 0 Å². The Labute approximate surface area is 84.3 Å². The van der Waals surface area contributed by atoms with Gasteiger partial charge >= 0.3 is 0 Å².